The summed E-state index contributed by atoms with van der Waals surface area (Å²) in [5.74, 6) is -1.91. The van der Waals surface area contributed by atoms with Gasteiger partial charge in [0.25, 0.3) is 5.91 Å². The number of benzene rings is 1. The molecule has 0 aromatic heterocycles. The smallest absolute Gasteiger partial charge is 0.303 e. The van der Waals surface area contributed by atoms with Gasteiger partial charge in [-0.25, -0.2) is 4.39 Å². The van der Waals surface area contributed by atoms with Crippen LogP contribution in [0, 0.1) is 5.82 Å². The van der Waals surface area contributed by atoms with Crippen LogP contribution in [0.3, 0.4) is 0 Å². The Labute approximate surface area is 104 Å². The minimum absolute atomic E-state index is 0.00623. The highest BCUT2D eigenvalue weighted by atomic mass is 19.1. The number of amides is 1. The number of nitrogens with two attached hydrogens (primary N) is 1. The number of hydrogen-bond acceptors (Lipinski definition) is 3. The summed E-state index contributed by atoms with van der Waals surface area (Å²) >= 11 is 0. The quantitative estimate of drug-likeness (QED) is 0.777. The molecule has 0 bridgehead atoms. The number of hydrogen-bond donors (Lipinski definition) is 2. The van der Waals surface area contributed by atoms with E-state index >= 15 is 0 Å². The maximum absolute atomic E-state index is 13.2. The molecule has 18 heavy (non-hydrogen) atoms. The van der Waals surface area contributed by atoms with Crippen molar-refractivity contribution in [3.8, 4) is 0 Å². The molecule has 0 heterocycles. The molecule has 6 heteroatoms. The molecule has 0 aliphatic rings. The third-order valence-electron chi connectivity index (χ3n) is 2.48. The van der Waals surface area contributed by atoms with Gasteiger partial charge in [0.1, 0.15) is 5.82 Å². The number of nitrogens with zero attached hydrogens (tertiary/aromatic N) is 1. The van der Waals surface area contributed by atoms with Gasteiger partial charge in [0.15, 0.2) is 0 Å². The molecule has 0 aliphatic heterocycles. The Morgan fingerprint density at radius 3 is 2.67 bits per heavy atom. The second-order valence-corrected chi connectivity index (χ2v) is 3.96. The Bertz CT molecular complexity index is 463. The fourth-order valence-corrected chi connectivity index (χ4v) is 1.45. The van der Waals surface area contributed by atoms with Crippen molar-refractivity contribution in [3.05, 3.63) is 29.6 Å². The van der Waals surface area contributed by atoms with E-state index in [1.54, 1.807) is 7.05 Å². The lowest BCUT2D eigenvalue weighted by molar-refractivity contribution is -0.137. The summed E-state index contributed by atoms with van der Waals surface area (Å²) in [7, 11) is 1.54. The molecule has 0 saturated carbocycles. The SMILES string of the molecule is CN(CCCC(=O)O)C(=O)c1ccc(N)c(F)c1. The average Bonchev–Trinajstić information content (AvgIpc) is 2.31. The molecule has 1 aromatic carbocycles. The number of carboxylic acid groups (broad SMARTS) is 1. The first-order valence-corrected chi connectivity index (χ1v) is 5.44. The molecule has 98 valence electrons. The number of carbonyl (C=O) groups excluding carboxylic acids is 1. The van der Waals surface area contributed by atoms with Gasteiger partial charge in [0.2, 0.25) is 0 Å². The summed E-state index contributed by atoms with van der Waals surface area (Å²) in [4.78, 5) is 23.5. The zero-order valence-electron chi connectivity index (χ0n) is 10.0. The first kappa shape index (κ1) is 14.0. The molecule has 0 aliphatic carbocycles. The Morgan fingerprint density at radius 2 is 2.11 bits per heavy atom. The van der Waals surface area contributed by atoms with E-state index < -0.39 is 11.8 Å². The van der Waals surface area contributed by atoms with Crippen LogP contribution in [0.25, 0.3) is 0 Å². The molecule has 1 rings (SSSR count). The largest absolute Gasteiger partial charge is 0.481 e. The topological polar surface area (TPSA) is 83.6 Å². The van der Waals surface area contributed by atoms with E-state index in [9.17, 15) is 14.0 Å². The van der Waals surface area contributed by atoms with Crippen LogP contribution in [0.4, 0.5) is 10.1 Å². The summed E-state index contributed by atoms with van der Waals surface area (Å²) in [6, 6.07) is 3.84. The van der Waals surface area contributed by atoms with Crippen molar-refractivity contribution in [1.82, 2.24) is 4.90 Å². The summed E-state index contributed by atoms with van der Waals surface area (Å²) < 4.78 is 13.2. The molecule has 1 aromatic rings. The molecule has 3 N–H and O–H groups in total. The zero-order valence-corrected chi connectivity index (χ0v) is 10.0. The van der Waals surface area contributed by atoms with Gasteiger partial charge in [-0.1, -0.05) is 0 Å². The molecule has 0 spiro atoms. The van der Waals surface area contributed by atoms with Crippen LogP contribution in [-0.4, -0.2) is 35.5 Å². The van der Waals surface area contributed by atoms with Crippen LogP contribution in [0.1, 0.15) is 23.2 Å². The number of carboxylic acids is 1. The number of anilines is 1. The Morgan fingerprint density at radius 1 is 1.44 bits per heavy atom. The van der Waals surface area contributed by atoms with Gasteiger partial charge in [-0.2, -0.15) is 0 Å². The van der Waals surface area contributed by atoms with Gasteiger partial charge in [0, 0.05) is 25.6 Å². The highest BCUT2D eigenvalue weighted by molar-refractivity contribution is 5.94. The minimum atomic E-state index is -0.908. The second kappa shape index (κ2) is 6.00. The zero-order chi connectivity index (χ0) is 13.7. The number of carbonyl (C=O) groups is 2. The first-order chi connectivity index (χ1) is 8.41. The van der Waals surface area contributed by atoms with Gasteiger partial charge in [-0.05, 0) is 24.6 Å². The van der Waals surface area contributed by atoms with Crippen LogP contribution in [0.15, 0.2) is 18.2 Å². The van der Waals surface area contributed by atoms with Crippen molar-refractivity contribution in [2.45, 2.75) is 12.8 Å². The molecule has 5 nitrogen and oxygen atoms in total. The van der Waals surface area contributed by atoms with Gasteiger partial charge in [-0.15, -0.1) is 0 Å². The van der Waals surface area contributed by atoms with E-state index in [4.69, 9.17) is 10.8 Å². The minimum Gasteiger partial charge on any atom is -0.481 e. The first-order valence-electron chi connectivity index (χ1n) is 5.44. The van der Waals surface area contributed by atoms with Gasteiger partial charge < -0.3 is 15.7 Å². The van der Waals surface area contributed by atoms with E-state index in [0.717, 1.165) is 6.07 Å². The second-order valence-electron chi connectivity index (χ2n) is 3.96. The number of aliphatic carboxylic acids is 1. The number of nitrogen functional groups attached to an aromatic ring is 1. The van der Waals surface area contributed by atoms with Crippen molar-refractivity contribution in [2.24, 2.45) is 0 Å². The van der Waals surface area contributed by atoms with E-state index in [0.29, 0.717) is 13.0 Å². The maximum atomic E-state index is 13.2. The van der Waals surface area contributed by atoms with Crippen LogP contribution >= 0.6 is 0 Å². The molecule has 0 radical (unpaired) electrons. The number of rotatable bonds is 5. The van der Waals surface area contributed by atoms with E-state index in [1.807, 2.05) is 0 Å². The Kier molecular flexibility index (Phi) is 4.65. The fraction of sp³-hybridized carbons (Fsp3) is 0.333. The highest BCUT2D eigenvalue weighted by Gasteiger charge is 2.13. The van der Waals surface area contributed by atoms with Gasteiger partial charge in [0.05, 0.1) is 5.69 Å². The third-order valence-corrected chi connectivity index (χ3v) is 2.48. The Hall–Kier alpha value is -2.11. The monoisotopic (exact) mass is 254 g/mol. The van der Waals surface area contributed by atoms with Crippen molar-refractivity contribution in [3.63, 3.8) is 0 Å². The molecule has 0 fully saturated rings. The van der Waals surface area contributed by atoms with E-state index in [-0.39, 0.29) is 23.6 Å². The lowest BCUT2D eigenvalue weighted by atomic mass is 10.1. The summed E-state index contributed by atoms with van der Waals surface area (Å²) in [6.07, 6.45) is 0.350. The summed E-state index contributed by atoms with van der Waals surface area (Å²) in [6.45, 7) is 0.303. The summed E-state index contributed by atoms with van der Waals surface area (Å²) in [5, 5.41) is 8.48. The molecular formula is C12H15FN2O3. The molecule has 0 unspecified atom stereocenters. The van der Waals surface area contributed by atoms with Crippen LogP contribution in [0.2, 0.25) is 0 Å². The van der Waals surface area contributed by atoms with Crippen LogP contribution in [0.5, 0.6) is 0 Å². The van der Waals surface area contributed by atoms with Gasteiger partial charge >= 0.3 is 5.97 Å². The van der Waals surface area contributed by atoms with Crippen LogP contribution < -0.4 is 5.73 Å². The maximum Gasteiger partial charge on any atom is 0.303 e. The van der Waals surface area contributed by atoms with E-state index in [1.165, 1.54) is 17.0 Å². The molecular weight excluding hydrogens is 239 g/mol. The molecule has 0 atom stereocenters. The highest BCUT2D eigenvalue weighted by Crippen LogP contribution is 2.13. The standard InChI is InChI=1S/C12H15FN2O3/c1-15(6-2-3-11(16)17)12(18)8-4-5-10(14)9(13)7-8/h4-5,7H,2-3,6,14H2,1H3,(H,16,17). The lowest BCUT2D eigenvalue weighted by Crippen LogP contribution is -2.28. The van der Waals surface area contributed by atoms with Crippen LogP contribution in [-0.2, 0) is 4.79 Å². The fourth-order valence-electron chi connectivity index (χ4n) is 1.45. The lowest BCUT2D eigenvalue weighted by Gasteiger charge is -2.16. The van der Waals surface area contributed by atoms with Crippen molar-refractivity contribution < 1.29 is 19.1 Å². The van der Waals surface area contributed by atoms with Gasteiger partial charge in [-0.3, -0.25) is 9.59 Å². The summed E-state index contributed by atoms with van der Waals surface area (Å²) in [5.41, 5.74) is 5.49. The Balaban J connectivity index is 2.62. The van der Waals surface area contributed by atoms with Crippen molar-refractivity contribution in [2.75, 3.05) is 19.3 Å². The van der Waals surface area contributed by atoms with E-state index in [2.05, 4.69) is 0 Å². The number of halogens is 1. The average molecular weight is 254 g/mol. The predicted molar refractivity (Wildman–Crippen MR) is 64.6 cm³/mol. The normalized spacial score (nSPS) is 10.1. The molecule has 0 saturated heterocycles. The molecule has 1 amide bonds. The van der Waals surface area contributed by atoms with Crippen molar-refractivity contribution in [1.29, 1.82) is 0 Å². The predicted octanol–water partition coefficient (Wildman–Crippen LogP) is 1.34. The van der Waals surface area contributed by atoms with Crippen molar-refractivity contribution >= 4 is 17.6 Å². The third kappa shape index (κ3) is 3.73.